The summed E-state index contributed by atoms with van der Waals surface area (Å²) in [4.78, 5) is 2.44. The van der Waals surface area contributed by atoms with Crippen molar-refractivity contribution in [3.05, 3.63) is 30.1 Å². The van der Waals surface area contributed by atoms with Crippen molar-refractivity contribution in [2.45, 2.75) is 31.3 Å². The molecule has 2 aliphatic rings. The number of benzene rings is 1. The average molecular weight is 220 g/mol. The van der Waals surface area contributed by atoms with Crippen LogP contribution in [0.2, 0.25) is 0 Å². The smallest absolute Gasteiger partial charge is 0.123 e. The molecule has 0 aliphatic carbocycles. The fourth-order valence-corrected chi connectivity index (χ4v) is 3.02. The number of piperidine rings is 1. The van der Waals surface area contributed by atoms with E-state index in [1.165, 1.54) is 24.9 Å². The van der Waals surface area contributed by atoms with Gasteiger partial charge in [0.1, 0.15) is 5.82 Å². The van der Waals surface area contributed by atoms with Gasteiger partial charge in [-0.1, -0.05) is 0 Å². The lowest BCUT2D eigenvalue weighted by molar-refractivity contribution is 0.412. The van der Waals surface area contributed by atoms with Crippen LogP contribution >= 0.6 is 0 Å². The molecule has 2 saturated heterocycles. The first-order valence-electron chi connectivity index (χ1n) is 6.10. The second kappa shape index (κ2) is 4.06. The van der Waals surface area contributed by atoms with Crippen LogP contribution < -0.4 is 10.2 Å². The summed E-state index contributed by atoms with van der Waals surface area (Å²) in [7, 11) is 0. The van der Waals surface area contributed by atoms with Gasteiger partial charge in [0.15, 0.2) is 0 Å². The molecule has 3 rings (SSSR count). The van der Waals surface area contributed by atoms with Crippen molar-refractivity contribution in [2.75, 3.05) is 18.0 Å². The van der Waals surface area contributed by atoms with Crippen molar-refractivity contribution in [3.63, 3.8) is 0 Å². The maximum Gasteiger partial charge on any atom is 0.123 e. The number of nitrogens with zero attached hydrogens (tertiary/aromatic N) is 1. The number of anilines is 1. The summed E-state index contributed by atoms with van der Waals surface area (Å²) < 4.78 is 12.9. The van der Waals surface area contributed by atoms with E-state index in [4.69, 9.17) is 0 Å². The zero-order chi connectivity index (χ0) is 11.0. The molecule has 2 aliphatic heterocycles. The van der Waals surface area contributed by atoms with Crippen molar-refractivity contribution in [3.8, 4) is 0 Å². The van der Waals surface area contributed by atoms with Crippen molar-refractivity contribution < 1.29 is 4.39 Å². The van der Waals surface area contributed by atoms with Gasteiger partial charge >= 0.3 is 0 Å². The predicted molar refractivity (Wildman–Crippen MR) is 63.2 cm³/mol. The van der Waals surface area contributed by atoms with E-state index in [-0.39, 0.29) is 5.82 Å². The molecule has 2 heterocycles. The molecule has 2 fully saturated rings. The average Bonchev–Trinajstić information content (AvgIpc) is 2.78. The normalized spacial score (nSPS) is 29.2. The zero-order valence-electron chi connectivity index (χ0n) is 9.32. The Bertz CT molecular complexity index is 363. The Morgan fingerprint density at radius 1 is 1.19 bits per heavy atom. The van der Waals surface area contributed by atoms with Crippen LogP contribution in [-0.2, 0) is 0 Å². The highest BCUT2D eigenvalue weighted by atomic mass is 19.1. The second-order valence-electron chi connectivity index (χ2n) is 4.73. The molecule has 2 atom stereocenters. The van der Waals surface area contributed by atoms with Crippen LogP contribution in [0, 0.1) is 5.82 Å². The molecular formula is C13H17FN2. The highest BCUT2D eigenvalue weighted by Crippen LogP contribution is 2.29. The van der Waals surface area contributed by atoms with E-state index < -0.39 is 0 Å². The predicted octanol–water partition coefficient (Wildman–Crippen LogP) is 2.16. The van der Waals surface area contributed by atoms with Gasteiger partial charge in [0, 0.05) is 24.3 Å². The molecule has 0 amide bonds. The molecule has 0 bridgehead atoms. The summed E-state index contributed by atoms with van der Waals surface area (Å²) in [6.45, 7) is 2.22. The van der Waals surface area contributed by atoms with Crippen LogP contribution in [0.3, 0.4) is 0 Å². The summed E-state index contributed by atoms with van der Waals surface area (Å²) in [6.07, 6.45) is 3.72. The third-order valence-corrected chi connectivity index (χ3v) is 3.78. The van der Waals surface area contributed by atoms with Gasteiger partial charge in [-0.15, -0.1) is 0 Å². The molecule has 2 nitrogen and oxygen atoms in total. The van der Waals surface area contributed by atoms with Gasteiger partial charge in [-0.25, -0.2) is 4.39 Å². The van der Waals surface area contributed by atoms with Crippen LogP contribution in [0.4, 0.5) is 10.1 Å². The van der Waals surface area contributed by atoms with Crippen LogP contribution in [0.1, 0.15) is 19.3 Å². The Balaban J connectivity index is 1.85. The third-order valence-electron chi connectivity index (χ3n) is 3.78. The van der Waals surface area contributed by atoms with Gasteiger partial charge in [0.05, 0.1) is 0 Å². The van der Waals surface area contributed by atoms with E-state index in [1.807, 2.05) is 12.1 Å². The Morgan fingerprint density at radius 2 is 2.00 bits per heavy atom. The Hall–Kier alpha value is -1.09. The summed E-state index contributed by atoms with van der Waals surface area (Å²) in [5, 5.41) is 3.55. The summed E-state index contributed by atoms with van der Waals surface area (Å²) in [6, 6.07) is 8.16. The SMILES string of the molecule is Fc1ccc(N2CCCC3NCCC32)cc1. The first kappa shape index (κ1) is 10.1. The largest absolute Gasteiger partial charge is 0.367 e. The van der Waals surface area contributed by atoms with Crippen molar-refractivity contribution in [1.82, 2.24) is 5.32 Å². The van der Waals surface area contributed by atoms with E-state index in [1.54, 1.807) is 12.1 Å². The number of halogens is 1. The summed E-state index contributed by atoms with van der Waals surface area (Å²) in [5.41, 5.74) is 1.17. The van der Waals surface area contributed by atoms with Crippen LogP contribution in [0.15, 0.2) is 24.3 Å². The van der Waals surface area contributed by atoms with Gasteiger partial charge in [0.2, 0.25) is 0 Å². The third kappa shape index (κ3) is 1.69. The molecule has 0 saturated carbocycles. The molecule has 86 valence electrons. The van der Waals surface area contributed by atoms with Crippen LogP contribution in [0.25, 0.3) is 0 Å². The lowest BCUT2D eigenvalue weighted by Gasteiger charge is -2.39. The Morgan fingerprint density at radius 3 is 2.81 bits per heavy atom. The first-order valence-corrected chi connectivity index (χ1v) is 6.10. The molecule has 2 unspecified atom stereocenters. The van der Waals surface area contributed by atoms with Gasteiger partial charge in [-0.05, 0) is 50.1 Å². The quantitative estimate of drug-likeness (QED) is 0.780. The van der Waals surface area contributed by atoms with Crippen LogP contribution in [0.5, 0.6) is 0 Å². The number of fused-ring (bicyclic) bond motifs is 1. The minimum absolute atomic E-state index is 0.151. The molecule has 1 aromatic rings. The fraction of sp³-hybridized carbons (Fsp3) is 0.538. The molecule has 0 spiro atoms. The van der Waals surface area contributed by atoms with Gasteiger partial charge in [-0.2, -0.15) is 0 Å². The second-order valence-corrected chi connectivity index (χ2v) is 4.73. The monoisotopic (exact) mass is 220 g/mol. The first-order chi connectivity index (χ1) is 7.84. The topological polar surface area (TPSA) is 15.3 Å². The molecule has 0 aromatic heterocycles. The standard InChI is InChI=1S/C13H17FN2/c14-10-3-5-11(6-4-10)16-9-1-2-12-13(16)7-8-15-12/h3-6,12-13,15H,1-2,7-9H2. The maximum atomic E-state index is 12.9. The Kier molecular flexibility index (Phi) is 2.56. The Labute approximate surface area is 95.4 Å². The van der Waals surface area contributed by atoms with E-state index >= 15 is 0 Å². The van der Waals surface area contributed by atoms with Gasteiger partial charge < -0.3 is 10.2 Å². The number of hydrogen-bond acceptors (Lipinski definition) is 2. The minimum Gasteiger partial charge on any atom is -0.367 e. The molecule has 1 N–H and O–H groups in total. The van der Waals surface area contributed by atoms with E-state index in [0.29, 0.717) is 12.1 Å². The van der Waals surface area contributed by atoms with Gasteiger partial charge in [-0.3, -0.25) is 0 Å². The molecule has 3 heteroatoms. The van der Waals surface area contributed by atoms with E-state index in [2.05, 4.69) is 10.2 Å². The number of hydrogen-bond donors (Lipinski definition) is 1. The molecule has 16 heavy (non-hydrogen) atoms. The summed E-state index contributed by atoms with van der Waals surface area (Å²) in [5.74, 6) is -0.151. The van der Waals surface area contributed by atoms with E-state index in [0.717, 1.165) is 13.1 Å². The molecule has 1 aromatic carbocycles. The molecular weight excluding hydrogens is 203 g/mol. The summed E-state index contributed by atoms with van der Waals surface area (Å²) >= 11 is 0. The lowest BCUT2D eigenvalue weighted by atomic mass is 9.97. The van der Waals surface area contributed by atoms with E-state index in [9.17, 15) is 4.39 Å². The minimum atomic E-state index is -0.151. The fourth-order valence-electron chi connectivity index (χ4n) is 3.02. The lowest BCUT2D eigenvalue weighted by Crippen LogP contribution is -2.48. The number of nitrogens with one attached hydrogen (secondary N) is 1. The van der Waals surface area contributed by atoms with Crippen LogP contribution in [-0.4, -0.2) is 25.2 Å². The van der Waals surface area contributed by atoms with Crippen molar-refractivity contribution in [1.29, 1.82) is 0 Å². The van der Waals surface area contributed by atoms with Gasteiger partial charge in [0.25, 0.3) is 0 Å². The van der Waals surface area contributed by atoms with Crippen molar-refractivity contribution >= 4 is 5.69 Å². The highest BCUT2D eigenvalue weighted by Gasteiger charge is 2.34. The maximum absolute atomic E-state index is 12.9. The molecule has 0 radical (unpaired) electrons. The van der Waals surface area contributed by atoms with Crippen molar-refractivity contribution in [2.24, 2.45) is 0 Å². The highest BCUT2D eigenvalue weighted by molar-refractivity contribution is 5.48. The zero-order valence-corrected chi connectivity index (χ0v) is 9.32. The number of rotatable bonds is 1.